The van der Waals surface area contributed by atoms with Crippen molar-refractivity contribution >= 4 is 5.82 Å². The molecule has 4 nitrogen and oxygen atoms in total. The highest BCUT2D eigenvalue weighted by molar-refractivity contribution is 5.31. The van der Waals surface area contributed by atoms with E-state index in [4.69, 9.17) is 10.5 Å². The highest BCUT2D eigenvalue weighted by Crippen LogP contribution is 2.14. The summed E-state index contributed by atoms with van der Waals surface area (Å²) < 4.78 is 5.70. The third-order valence-corrected chi connectivity index (χ3v) is 2.75. The largest absolute Gasteiger partial charge is 0.384 e. The fourth-order valence-electron chi connectivity index (χ4n) is 2.26. The van der Waals surface area contributed by atoms with Gasteiger partial charge in [-0.15, -0.1) is 0 Å². The molecule has 1 fully saturated rings. The van der Waals surface area contributed by atoms with Gasteiger partial charge in [0.2, 0.25) is 0 Å². The van der Waals surface area contributed by atoms with E-state index in [9.17, 15) is 0 Å². The topological polar surface area (TPSA) is 51.4 Å². The number of rotatable bonds is 2. The summed E-state index contributed by atoms with van der Waals surface area (Å²) in [5.41, 5.74) is 6.88. The highest BCUT2D eigenvalue weighted by atomic mass is 16.5. The number of nitrogens with zero attached hydrogens (tertiary/aromatic N) is 2. The van der Waals surface area contributed by atoms with Crippen LogP contribution in [0.15, 0.2) is 18.3 Å². The van der Waals surface area contributed by atoms with Crippen LogP contribution in [-0.4, -0.2) is 35.2 Å². The third-order valence-electron chi connectivity index (χ3n) is 2.75. The molecule has 0 unspecified atom stereocenters. The van der Waals surface area contributed by atoms with Crippen molar-refractivity contribution < 1.29 is 4.74 Å². The Bertz CT molecular complexity index is 346. The van der Waals surface area contributed by atoms with Gasteiger partial charge in [0.05, 0.1) is 12.2 Å². The first-order valence-electron chi connectivity index (χ1n) is 5.71. The molecular formula is C12H19N3O. The molecule has 0 spiro atoms. The zero-order valence-corrected chi connectivity index (χ0v) is 9.89. The molecule has 4 heteroatoms. The Labute approximate surface area is 96.4 Å². The molecule has 0 saturated carbocycles. The first-order chi connectivity index (χ1) is 7.63. The van der Waals surface area contributed by atoms with E-state index in [0.717, 1.165) is 19.6 Å². The second kappa shape index (κ2) is 4.80. The fraction of sp³-hybridized carbons (Fsp3) is 0.583. The van der Waals surface area contributed by atoms with Crippen molar-refractivity contribution in [1.82, 2.24) is 9.88 Å². The molecule has 0 aliphatic carbocycles. The second-order valence-electron chi connectivity index (χ2n) is 4.54. The quantitative estimate of drug-likeness (QED) is 0.817. The molecule has 1 aliphatic heterocycles. The monoisotopic (exact) mass is 221 g/mol. The maximum atomic E-state index is 5.70. The third kappa shape index (κ3) is 2.93. The Hall–Kier alpha value is -1.13. The lowest BCUT2D eigenvalue weighted by atomic mass is 10.2. The fourth-order valence-corrected chi connectivity index (χ4v) is 2.26. The van der Waals surface area contributed by atoms with Crippen LogP contribution in [0.5, 0.6) is 0 Å². The molecule has 2 rings (SSSR count). The molecule has 88 valence electrons. The lowest BCUT2D eigenvalue weighted by molar-refractivity contribution is -0.0704. The zero-order valence-electron chi connectivity index (χ0n) is 9.89. The summed E-state index contributed by atoms with van der Waals surface area (Å²) in [5, 5.41) is 0. The van der Waals surface area contributed by atoms with Crippen LogP contribution in [-0.2, 0) is 11.3 Å². The number of pyridine rings is 1. The van der Waals surface area contributed by atoms with E-state index in [-0.39, 0.29) is 0 Å². The summed E-state index contributed by atoms with van der Waals surface area (Å²) in [6.07, 6.45) is 2.38. The maximum absolute atomic E-state index is 5.70. The lowest BCUT2D eigenvalue weighted by Gasteiger charge is -2.35. The molecule has 0 aromatic carbocycles. The van der Waals surface area contributed by atoms with Crippen LogP contribution in [0, 0.1) is 0 Å². The SMILES string of the molecule is C[C@@H]1CN(Cc2ccnc(N)c2)C[C@H](C)O1. The van der Waals surface area contributed by atoms with E-state index in [1.165, 1.54) is 5.56 Å². The van der Waals surface area contributed by atoms with Crippen LogP contribution in [0.1, 0.15) is 19.4 Å². The van der Waals surface area contributed by atoms with Crippen LogP contribution in [0.25, 0.3) is 0 Å². The molecular weight excluding hydrogens is 202 g/mol. The van der Waals surface area contributed by atoms with Gasteiger partial charge in [-0.25, -0.2) is 4.98 Å². The first-order valence-corrected chi connectivity index (χ1v) is 5.71. The summed E-state index contributed by atoms with van der Waals surface area (Å²) in [5.74, 6) is 0.590. The molecule has 2 heterocycles. The number of hydrogen-bond donors (Lipinski definition) is 1. The number of nitrogens with two attached hydrogens (primary N) is 1. The van der Waals surface area contributed by atoms with Gasteiger partial charge < -0.3 is 10.5 Å². The van der Waals surface area contributed by atoms with E-state index in [1.54, 1.807) is 6.20 Å². The van der Waals surface area contributed by atoms with Crippen molar-refractivity contribution in [3.8, 4) is 0 Å². The summed E-state index contributed by atoms with van der Waals surface area (Å²) in [7, 11) is 0. The van der Waals surface area contributed by atoms with Gasteiger partial charge in [-0.1, -0.05) is 0 Å². The Morgan fingerprint density at radius 1 is 1.44 bits per heavy atom. The van der Waals surface area contributed by atoms with Gasteiger partial charge in [0.15, 0.2) is 0 Å². The predicted molar refractivity (Wildman–Crippen MR) is 63.9 cm³/mol. The van der Waals surface area contributed by atoms with Gasteiger partial charge in [-0.3, -0.25) is 4.90 Å². The van der Waals surface area contributed by atoms with Crippen molar-refractivity contribution in [2.75, 3.05) is 18.8 Å². The van der Waals surface area contributed by atoms with Crippen molar-refractivity contribution in [3.63, 3.8) is 0 Å². The van der Waals surface area contributed by atoms with E-state index in [1.807, 2.05) is 12.1 Å². The van der Waals surface area contributed by atoms with Gasteiger partial charge in [0.25, 0.3) is 0 Å². The molecule has 16 heavy (non-hydrogen) atoms. The van der Waals surface area contributed by atoms with Crippen molar-refractivity contribution in [2.24, 2.45) is 0 Å². The van der Waals surface area contributed by atoms with Crippen molar-refractivity contribution in [1.29, 1.82) is 0 Å². The van der Waals surface area contributed by atoms with Crippen LogP contribution in [0.2, 0.25) is 0 Å². The van der Waals surface area contributed by atoms with Crippen molar-refractivity contribution in [2.45, 2.75) is 32.6 Å². The summed E-state index contributed by atoms with van der Waals surface area (Å²) in [6.45, 7) is 7.11. The lowest BCUT2D eigenvalue weighted by Crippen LogP contribution is -2.44. The maximum Gasteiger partial charge on any atom is 0.123 e. The van der Waals surface area contributed by atoms with Crippen LogP contribution in [0.3, 0.4) is 0 Å². The molecule has 2 N–H and O–H groups in total. The van der Waals surface area contributed by atoms with Crippen LogP contribution >= 0.6 is 0 Å². The van der Waals surface area contributed by atoms with E-state index < -0.39 is 0 Å². The number of aromatic nitrogens is 1. The van der Waals surface area contributed by atoms with E-state index in [2.05, 4.69) is 23.7 Å². The molecule has 0 radical (unpaired) electrons. The second-order valence-corrected chi connectivity index (χ2v) is 4.54. The van der Waals surface area contributed by atoms with Gasteiger partial charge in [0, 0.05) is 25.8 Å². The Kier molecular flexibility index (Phi) is 3.41. The molecule has 1 aromatic heterocycles. The van der Waals surface area contributed by atoms with Gasteiger partial charge in [-0.2, -0.15) is 0 Å². The molecule has 1 aromatic rings. The Morgan fingerprint density at radius 2 is 2.12 bits per heavy atom. The predicted octanol–water partition coefficient (Wildman–Crippen LogP) is 1.27. The minimum absolute atomic E-state index is 0.308. The van der Waals surface area contributed by atoms with Crippen LogP contribution < -0.4 is 5.73 Å². The van der Waals surface area contributed by atoms with Crippen molar-refractivity contribution in [3.05, 3.63) is 23.9 Å². The number of ether oxygens (including phenoxy) is 1. The molecule has 1 saturated heterocycles. The molecule has 0 bridgehead atoms. The number of hydrogen-bond acceptors (Lipinski definition) is 4. The first kappa shape index (κ1) is 11.4. The zero-order chi connectivity index (χ0) is 11.5. The normalized spacial score (nSPS) is 26.9. The van der Waals surface area contributed by atoms with E-state index >= 15 is 0 Å². The Balaban J connectivity index is 1.98. The summed E-state index contributed by atoms with van der Waals surface area (Å²) in [4.78, 5) is 6.39. The highest BCUT2D eigenvalue weighted by Gasteiger charge is 2.21. The van der Waals surface area contributed by atoms with Gasteiger partial charge in [-0.05, 0) is 31.5 Å². The molecule has 1 aliphatic rings. The van der Waals surface area contributed by atoms with Crippen LogP contribution in [0.4, 0.5) is 5.82 Å². The van der Waals surface area contributed by atoms with Gasteiger partial charge >= 0.3 is 0 Å². The Morgan fingerprint density at radius 3 is 2.75 bits per heavy atom. The summed E-state index contributed by atoms with van der Waals surface area (Å²) >= 11 is 0. The number of morpholine rings is 1. The standard InChI is InChI=1S/C12H19N3O/c1-9-6-15(7-10(2)16-9)8-11-3-4-14-12(13)5-11/h3-5,9-10H,6-8H2,1-2H3,(H2,13,14)/t9-,10+. The average Bonchev–Trinajstić information content (AvgIpc) is 2.15. The van der Waals surface area contributed by atoms with E-state index in [0.29, 0.717) is 18.0 Å². The van der Waals surface area contributed by atoms with Gasteiger partial charge in [0.1, 0.15) is 5.82 Å². The average molecular weight is 221 g/mol. The summed E-state index contributed by atoms with van der Waals surface area (Å²) in [6, 6.07) is 3.95. The minimum atomic E-state index is 0.308. The molecule has 2 atom stereocenters. The molecule has 0 amide bonds. The minimum Gasteiger partial charge on any atom is -0.384 e. The number of nitrogen functional groups attached to an aromatic ring is 1. The smallest absolute Gasteiger partial charge is 0.123 e. The number of anilines is 1.